The molecule has 0 aliphatic rings. The van der Waals surface area contributed by atoms with Crippen LogP contribution in [0.2, 0.25) is 0 Å². The van der Waals surface area contributed by atoms with Crippen molar-refractivity contribution in [2.24, 2.45) is 0 Å². The van der Waals surface area contributed by atoms with Gasteiger partial charge in [-0.05, 0) is 30.5 Å². The third-order valence-corrected chi connectivity index (χ3v) is 4.24. The second kappa shape index (κ2) is 11.3. The Bertz CT molecular complexity index is 496. The van der Waals surface area contributed by atoms with E-state index in [2.05, 4.69) is 41.5 Å². The number of methoxy groups -OCH3 is 1. The zero-order chi connectivity index (χ0) is 16.2. The van der Waals surface area contributed by atoms with Crippen molar-refractivity contribution in [3.63, 3.8) is 0 Å². The van der Waals surface area contributed by atoms with Gasteiger partial charge >= 0.3 is 0 Å². The Morgan fingerprint density at radius 2 is 1.82 bits per heavy atom. The van der Waals surface area contributed by atoms with Gasteiger partial charge in [0.2, 0.25) is 0 Å². The summed E-state index contributed by atoms with van der Waals surface area (Å²) in [5.41, 5.74) is 1.27. The van der Waals surface area contributed by atoms with Crippen molar-refractivity contribution in [1.82, 2.24) is 4.90 Å². The summed E-state index contributed by atoms with van der Waals surface area (Å²) in [6.07, 6.45) is 2.47. The minimum atomic E-state index is 0.946. The molecule has 0 spiro atoms. The van der Waals surface area contributed by atoms with Crippen molar-refractivity contribution >= 4 is 11.3 Å². The number of rotatable bonds is 8. The van der Waals surface area contributed by atoms with E-state index >= 15 is 0 Å². The minimum Gasteiger partial charge on any atom is -0.496 e. The Hall–Kier alpha value is -1.32. The fourth-order valence-corrected chi connectivity index (χ4v) is 3.04. The standard InChI is InChI=1S/C17H23NOS.C2H6/c1-3-4-11-18(14-16-9-7-12-20-16)13-15-8-5-6-10-17(15)19-2;1-2/h5-10,12H,3-4,11,13-14H2,1-2H3;1-2H3. The maximum absolute atomic E-state index is 5.46. The van der Waals surface area contributed by atoms with Gasteiger partial charge in [0.1, 0.15) is 5.75 Å². The number of ether oxygens (including phenoxy) is 1. The molecule has 2 aromatic rings. The first-order valence-electron chi connectivity index (χ1n) is 8.20. The number of thiophene rings is 1. The predicted molar refractivity (Wildman–Crippen MR) is 97.7 cm³/mol. The molecule has 0 fully saturated rings. The molecule has 1 aromatic carbocycles. The van der Waals surface area contributed by atoms with Crippen molar-refractivity contribution in [3.05, 3.63) is 52.2 Å². The summed E-state index contributed by atoms with van der Waals surface area (Å²) in [4.78, 5) is 3.93. The van der Waals surface area contributed by atoms with Crippen molar-refractivity contribution in [2.75, 3.05) is 13.7 Å². The van der Waals surface area contributed by atoms with Gasteiger partial charge in [-0.3, -0.25) is 4.90 Å². The molecule has 22 heavy (non-hydrogen) atoms. The third kappa shape index (κ3) is 6.20. The van der Waals surface area contributed by atoms with E-state index in [1.165, 1.54) is 23.3 Å². The van der Waals surface area contributed by atoms with Crippen molar-refractivity contribution < 1.29 is 4.74 Å². The van der Waals surface area contributed by atoms with Gasteiger partial charge in [0.25, 0.3) is 0 Å². The predicted octanol–water partition coefficient (Wildman–Crippen LogP) is 5.59. The molecule has 0 saturated heterocycles. The summed E-state index contributed by atoms with van der Waals surface area (Å²) >= 11 is 1.83. The highest BCUT2D eigenvalue weighted by molar-refractivity contribution is 7.09. The summed E-state index contributed by atoms with van der Waals surface area (Å²) in [7, 11) is 1.74. The Morgan fingerprint density at radius 1 is 1.05 bits per heavy atom. The monoisotopic (exact) mass is 319 g/mol. The molecule has 122 valence electrons. The van der Waals surface area contributed by atoms with Gasteiger partial charge in [0, 0.05) is 23.5 Å². The zero-order valence-corrected chi connectivity index (χ0v) is 15.2. The quantitative estimate of drug-likeness (QED) is 0.629. The molecule has 0 bridgehead atoms. The van der Waals surface area contributed by atoms with Crippen LogP contribution in [0.3, 0.4) is 0 Å². The number of para-hydroxylation sites is 1. The van der Waals surface area contributed by atoms with E-state index in [9.17, 15) is 0 Å². The van der Waals surface area contributed by atoms with Crippen LogP contribution >= 0.6 is 11.3 Å². The van der Waals surface area contributed by atoms with Crippen LogP contribution in [-0.4, -0.2) is 18.6 Å². The van der Waals surface area contributed by atoms with E-state index in [1.807, 2.05) is 37.3 Å². The summed E-state index contributed by atoms with van der Waals surface area (Å²) in [5.74, 6) is 0.986. The molecular weight excluding hydrogens is 290 g/mol. The van der Waals surface area contributed by atoms with E-state index < -0.39 is 0 Å². The fourth-order valence-electron chi connectivity index (χ4n) is 2.29. The molecule has 0 amide bonds. The van der Waals surface area contributed by atoms with E-state index in [0.717, 1.165) is 25.4 Å². The lowest BCUT2D eigenvalue weighted by atomic mass is 10.1. The number of benzene rings is 1. The summed E-state index contributed by atoms with van der Waals surface area (Å²) in [5, 5.41) is 2.15. The molecule has 0 aliphatic heterocycles. The molecule has 0 atom stereocenters. The highest BCUT2D eigenvalue weighted by Gasteiger charge is 2.10. The zero-order valence-electron chi connectivity index (χ0n) is 14.3. The number of unbranched alkanes of at least 4 members (excludes halogenated alkanes) is 1. The molecule has 2 rings (SSSR count). The van der Waals surface area contributed by atoms with Crippen LogP contribution in [0.15, 0.2) is 41.8 Å². The fraction of sp³-hybridized carbons (Fsp3) is 0.474. The molecule has 0 saturated carbocycles. The van der Waals surface area contributed by atoms with Crippen molar-refractivity contribution in [2.45, 2.75) is 46.7 Å². The van der Waals surface area contributed by atoms with Crippen LogP contribution in [0.4, 0.5) is 0 Å². The average molecular weight is 320 g/mol. The molecule has 0 N–H and O–H groups in total. The first-order valence-corrected chi connectivity index (χ1v) is 9.08. The topological polar surface area (TPSA) is 12.5 Å². The van der Waals surface area contributed by atoms with Gasteiger partial charge < -0.3 is 4.74 Å². The van der Waals surface area contributed by atoms with Crippen LogP contribution in [-0.2, 0) is 13.1 Å². The average Bonchev–Trinajstić information content (AvgIpc) is 3.08. The largest absolute Gasteiger partial charge is 0.496 e. The lowest BCUT2D eigenvalue weighted by Crippen LogP contribution is -2.23. The van der Waals surface area contributed by atoms with E-state index in [4.69, 9.17) is 4.74 Å². The highest BCUT2D eigenvalue weighted by Crippen LogP contribution is 2.21. The summed E-state index contributed by atoms with van der Waals surface area (Å²) < 4.78 is 5.46. The van der Waals surface area contributed by atoms with Crippen LogP contribution < -0.4 is 4.74 Å². The Morgan fingerprint density at radius 3 is 2.45 bits per heavy atom. The number of hydrogen-bond acceptors (Lipinski definition) is 3. The normalized spacial score (nSPS) is 10.2. The van der Waals surface area contributed by atoms with Crippen molar-refractivity contribution in [3.8, 4) is 5.75 Å². The second-order valence-corrected chi connectivity index (χ2v) is 5.99. The summed E-state index contributed by atoms with van der Waals surface area (Å²) in [6, 6.07) is 12.6. The number of nitrogens with zero attached hydrogens (tertiary/aromatic N) is 1. The Balaban J connectivity index is 0.00000116. The molecule has 2 nitrogen and oxygen atoms in total. The van der Waals surface area contributed by atoms with Crippen LogP contribution in [0.5, 0.6) is 5.75 Å². The highest BCUT2D eigenvalue weighted by atomic mass is 32.1. The van der Waals surface area contributed by atoms with Crippen LogP contribution in [0, 0.1) is 0 Å². The lowest BCUT2D eigenvalue weighted by Gasteiger charge is -2.22. The molecule has 0 unspecified atom stereocenters. The van der Waals surface area contributed by atoms with Gasteiger partial charge in [-0.2, -0.15) is 0 Å². The molecular formula is C19H29NOS. The molecule has 1 aromatic heterocycles. The smallest absolute Gasteiger partial charge is 0.123 e. The first kappa shape index (κ1) is 18.7. The molecule has 3 heteroatoms. The van der Waals surface area contributed by atoms with Crippen molar-refractivity contribution in [1.29, 1.82) is 0 Å². The summed E-state index contributed by atoms with van der Waals surface area (Å²) in [6.45, 7) is 9.34. The van der Waals surface area contributed by atoms with Gasteiger partial charge in [-0.1, -0.05) is 51.5 Å². The van der Waals surface area contributed by atoms with Gasteiger partial charge in [0.15, 0.2) is 0 Å². The lowest BCUT2D eigenvalue weighted by molar-refractivity contribution is 0.250. The Kier molecular flexibility index (Phi) is 9.60. The van der Waals surface area contributed by atoms with Gasteiger partial charge in [0.05, 0.1) is 7.11 Å². The van der Waals surface area contributed by atoms with E-state index in [-0.39, 0.29) is 0 Å². The second-order valence-electron chi connectivity index (χ2n) is 4.96. The molecule has 1 heterocycles. The van der Waals surface area contributed by atoms with Gasteiger partial charge in [-0.15, -0.1) is 11.3 Å². The van der Waals surface area contributed by atoms with Crippen LogP contribution in [0.1, 0.15) is 44.1 Å². The molecule has 0 radical (unpaired) electrons. The molecule has 0 aliphatic carbocycles. The van der Waals surface area contributed by atoms with E-state index in [1.54, 1.807) is 7.11 Å². The SMILES string of the molecule is CC.CCCCN(Cc1cccs1)Cc1ccccc1OC. The first-order chi connectivity index (χ1) is 10.8. The number of hydrogen-bond donors (Lipinski definition) is 0. The Labute approximate surface area is 139 Å². The van der Waals surface area contributed by atoms with Crippen LogP contribution in [0.25, 0.3) is 0 Å². The minimum absolute atomic E-state index is 0.946. The maximum atomic E-state index is 5.46. The van der Waals surface area contributed by atoms with E-state index in [0.29, 0.717) is 0 Å². The maximum Gasteiger partial charge on any atom is 0.123 e. The third-order valence-electron chi connectivity index (χ3n) is 3.37. The van der Waals surface area contributed by atoms with Gasteiger partial charge in [-0.25, -0.2) is 0 Å².